The molecule has 1 aliphatic rings. The van der Waals surface area contributed by atoms with Gasteiger partial charge in [-0.3, -0.25) is 4.72 Å². The van der Waals surface area contributed by atoms with E-state index in [1.165, 1.54) is 0 Å². The van der Waals surface area contributed by atoms with Gasteiger partial charge in [0.25, 0.3) is 10.0 Å². The normalized spacial score (nSPS) is 14.2. The number of anilines is 1. The minimum Gasteiger partial charge on any atom is -0.490 e. The summed E-state index contributed by atoms with van der Waals surface area (Å²) in [6.07, 6.45) is 0.761. The molecule has 0 saturated carbocycles. The van der Waals surface area contributed by atoms with Gasteiger partial charge < -0.3 is 9.47 Å². The van der Waals surface area contributed by atoms with Crippen molar-refractivity contribution in [3.05, 3.63) is 47.0 Å². The molecule has 122 valence electrons. The van der Waals surface area contributed by atoms with Crippen LogP contribution in [0.1, 0.15) is 12.0 Å². The molecule has 5 nitrogen and oxygen atoms in total. The molecule has 0 aliphatic carbocycles. The number of nitrogens with one attached hydrogen (secondary N) is 1. The molecule has 0 radical (unpaired) electrons. The number of rotatable bonds is 3. The lowest BCUT2D eigenvalue weighted by Crippen LogP contribution is -2.13. The quantitative estimate of drug-likeness (QED) is 0.915. The fourth-order valence-corrected chi connectivity index (χ4v) is 3.51. The summed E-state index contributed by atoms with van der Waals surface area (Å²) in [6.45, 7) is 2.95. The first-order valence-electron chi connectivity index (χ1n) is 7.14. The first-order chi connectivity index (χ1) is 11.0. The van der Waals surface area contributed by atoms with Crippen molar-refractivity contribution < 1.29 is 17.9 Å². The van der Waals surface area contributed by atoms with Gasteiger partial charge in [-0.1, -0.05) is 29.3 Å². The van der Waals surface area contributed by atoms with Gasteiger partial charge in [0.15, 0.2) is 11.5 Å². The van der Waals surface area contributed by atoms with E-state index in [1.54, 1.807) is 36.4 Å². The summed E-state index contributed by atoms with van der Waals surface area (Å²) in [5.74, 6) is 0.999. The standard InChI is InChI=1S/C16H16ClNO4S/c1-11-3-5-12(6-4-11)23(19,20)18-14-10-16-15(9-13(14)17)21-7-2-8-22-16/h3-6,9-10,18H,2,7-8H2,1H3. The van der Waals surface area contributed by atoms with Gasteiger partial charge in [0.1, 0.15) is 0 Å². The van der Waals surface area contributed by atoms with Gasteiger partial charge in [-0.05, 0) is 19.1 Å². The maximum Gasteiger partial charge on any atom is 0.261 e. The second kappa shape index (κ2) is 6.29. The molecule has 0 spiro atoms. The molecule has 23 heavy (non-hydrogen) atoms. The average Bonchev–Trinajstić information content (AvgIpc) is 2.73. The predicted octanol–water partition coefficient (Wildman–Crippen LogP) is 3.61. The number of sulfonamides is 1. The molecule has 0 fully saturated rings. The lowest BCUT2D eigenvalue weighted by atomic mass is 10.2. The molecule has 0 saturated heterocycles. The summed E-state index contributed by atoms with van der Waals surface area (Å²) in [7, 11) is -3.72. The van der Waals surface area contributed by atoms with Gasteiger partial charge >= 0.3 is 0 Å². The van der Waals surface area contributed by atoms with Crippen LogP contribution >= 0.6 is 11.6 Å². The van der Waals surface area contributed by atoms with Crippen molar-refractivity contribution in [1.82, 2.24) is 0 Å². The van der Waals surface area contributed by atoms with Gasteiger partial charge in [-0.25, -0.2) is 8.42 Å². The molecule has 0 amide bonds. The molecule has 1 heterocycles. The number of hydrogen-bond donors (Lipinski definition) is 1. The Bertz CT molecular complexity index is 819. The van der Waals surface area contributed by atoms with E-state index in [0.717, 1.165) is 12.0 Å². The lowest BCUT2D eigenvalue weighted by molar-refractivity contribution is 0.297. The van der Waals surface area contributed by atoms with E-state index in [1.807, 2.05) is 6.92 Å². The highest BCUT2D eigenvalue weighted by Crippen LogP contribution is 2.38. The molecule has 0 bridgehead atoms. The van der Waals surface area contributed by atoms with E-state index in [2.05, 4.69) is 4.72 Å². The van der Waals surface area contributed by atoms with Crippen molar-refractivity contribution in [3.63, 3.8) is 0 Å². The molecule has 0 unspecified atom stereocenters. The zero-order valence-electron chi connectivity index (χ0n) is 12.5. The Morgan fingerprint density at radius 2 is 1.65 bits per heavy atom. The highest BCUT2D eigenvalue weighted by molar-refractivity contribution is 7.92. The van der Waals surface area contributed by atoms with Crippen LogP contribution in [0.5, 0.6) is 11.5 Å². The van der Waals surface area contributed by atoms with E-state index in [0.29, 0.717) is 24.7 Å². The van der Waals surface area contributed by atoms with Crippen LogP contribution in [0, 0.1) is 6.92 Å². The maximum atomic E-state index is 12.5. The second-order valence-electron chi connectivity index (χ2n) is 5.25. The number of fused-ring (bicyclic) bond motifs is 1. The summed E-state index contributed by atoms with van der Waals surface area (Å²) in [4.78, 5) is 0.172. The summed E-state index contributed by atoms with van der Waals surface area (Å²) in [6, 6.07) is 9.70. The zero-order chi connectivity index (χ0) is 16.4. The van der Waals surface area contributed by atoms with Gasteiger partial charge in [0, 0.05) is 18.6 Å². The molecule has 2 aromatic carbocycles. The van der Waals surface area contributed by atoms with E-state index in [4.69, 9.17) is 21.1 Å². The van der Waals surface area contributed by atoms with Gasteiger partial charge in [0.2, 0.25) is 0 Å². The van der Waals surface area contributed by atoms with Crippen molar-refractivity contribution in [2.45, 2.75) is 18.2 Å². The van der Waals surface area contributed by atoms with Crippen LogP contribution in [0.4, 0.5) is 5.69 Å². The van der Waals surface area contributed by atoms with Crippen molar-refractivity contribution in [2.75, 3.05) is 17.9 Å². The smallest absolute Gasteiger partial charge is 0.261 e. The Hall–Kier alpha value is -1.92. The number of benzene rings is 2. The molecule has 1 N–H and O–H groups in total. The Balaban J connectivity index is 1.93. The summed E-state index contributed by atoms with van der Waals surface area (Å²) in [5.41, 5.74) is 1.24. The first-order valence-corrected chi connectivity index (χ1v) is 9.00. The topological polar surface area (TPSA) is 64.6 Å². The molecule has 2 aromatic rings. The van der Waals surface area contributed by atoms with E-state index in [-0.39, 0.29) is 15.6 Å². The van der Waals surface area contributed by atoms with Crippen LogP contribution in [0.15, 0.2) is 41.3 Å². The van der Waals surface area contributed by atoms with Crippen LogP contribution in [0.25, 0.3) is 0 Å². The van der Waals surface area contributed by atoms with E-state index < -0.39 is 10.0 Å². The van der Waals surface area contributed by atoms with Gasteiger partial charge in [-0.2, -0.15) is 0 Å². The Morgan fingerprint density at radius 3 is 2.30 bits per heavy atom. The zero-order valence-corrected chi connectivity index (χ0v) is 14.1. The molecule has 0 aromatic heterocycles. The van der Waals surface area contributed by atoms with Crippen molar-refractivity contribution in [3.8, 4) is 11.5 Å². The molecule has 1 aliphatic heterocycles. The van der Waals surface area contributed by atoms with Crippen LogP contribution in [0.3, 0.4) is 0 Å². The summed E-state index contributed by atoms with van der Waals surface area (Å²) < 4.78 is 38.5. The van der Waals surface area contributed by atoms with E-state index >= 15 is 0 Å². The third-order valence-electron chi connectivity index (χ3n) is 3.41. The summed E-state index contributed by atoms with van der Waals surface area (Å²) >= 11 is 6.17. The number of aryl methyl sites for hydroxylation is 1. The van der Waals surface area contributed by atoms with Crippen LogP contribution < -0.4 is 14.2 Å². The first kappa shape index (κ1) is 16.0. The second-order valence-corrected chi connectivity index (χ2v) is 7.34. The van der Waals surface area contributed by atoms with E-state index in [9.17, 15) is 8.42 Å². The Morgan fingerprint density at radius 1 is 1.04 bits per heavy atom. The number of hydrogen-bond acceptors (Lipinski definition) is 4. The van der Waals surface area contributed by atoms with Gasteiger partial charge in [-0.15, -0.1) is 0 Å². The number of ether oxygens (including phenoxy) is 2. The third kappa shape index (κ3) is 3.54. The fraction of sp³-hybridized carbons (Fsp3) is 0.250. The monoisotopic (exact) mass is 353 g/mol. The van der Waals surface area contributed by atoms with Crippen molar-refractivity contribution in [2.24, 2.45) is 0 Å². The minimum atomic E-state index is -3.72. The highest BCUT2D eigenvalue weighted by Gasteiger charge is 2.19. The lowest BCUT2D eigenvalue weighted by Gasteiger charge is -2.13. The van der Waals surface area contributed by atoms with Crippen molar-refractivity contribution in [1.29, 1.82) is 0 Å². The van der Waals surface area contributed by atoms with Crippen LogP contribution in [-0.4, -0.2) is 21.6 Å². The maximum absolute atomic E-state index is 12.5. The average molecular weight is 354 g/mol. The molecule has 0 atom stereocenters. The molecular weight excluding hydrogens is 338 g/mol. The Labute approximate surface area is 140 Å². The van der Waals surface area contributed by atoms with Crippen molar-refractivity contribution >= 4 is 27.3 Å². The minimum absolute atomic E-state index is 0.172. The SMILES string of the molecule is Cc1ccc(S(=O)(=O)Nc2cc3c(cc2Cl)OCCCO3)cc1. The van der Waals surface area contributed by atoms with Crippen LogP contribution in [-0.2, 0) is 10.0 Å². The largest absolute Gasteiger partial charge is 0.490 e. The summed E-state index contributed by atoms with van der Waals surface area (Å²) in [5, 5.41) is 0.255. The van der Waals surface area contributed by atoms with Crippen LogP contribution in [0.2, 0.25) is 5.02 Å². The molecule has 7 heteroatoms. The molecule has 3 rings (SSSR count). The highest BCUT2D eigenvalue weighted by atomic mass is 35.5. The fourth-order valence-electron chi connectivity index (χ4n) is 2.18. The number of halogens is 1. The third-order valence-corrected chi connectivity index (χ3v) is 5.11. The molecular formula is C16H16ClNO4S. The predicted molar refractivity (Wildman–Crippen MR) is 89.0 cm³/mol. The van der Waals surface area contributed by atoms with Gasteiger partial charge in [0.05, 0.1) is 28.8 Å². The Kier molecular flexibility index (Phi) is 4.37.